The van der Waals surface area contributed by atoms with Crippen LogP contribution < -0.4 is 21.5 Å². The molecule has 21 heavy (non-hydrogen) atoms. The quantitative estimate of drug-likeness (QED) is 0.401. The van der Waals surface area contributed by atoms with Gasteiger partial charge in [0.05, 0.1) is 0 Å². The van der Waals surface area contributed by atoms with Gasteiger partial charge in [0.1, 0.15) is 6.54 Å². The molecule has 0 atom stereocenters. The summed E-state index contributed by atoms with van der Waals surface area (Å²) in [6, 6.07) is 4.20. The summed E-state index contributed by atoms with van der Waals surface area (Å²) >= 11 is 0. The molecule has 0 aromatic carbocycles. The Bertz CT molecular complexity index is 362. The Hall–Kier alpha value is -0.630. The summed E-state index contributed by atoms with van der Waals surface area (Å²) in [6.45, 7) is 7.23. The average Bonchev–Trinajstić information content (AvgIpc) is 2.49. The van der Waals surface area contributed by atoms with E-state index in [0.29, 0.717) is 0 Å². The lowest BCUT2D eigenvalue weighted by Crippen LogP contribution is -3.00. The summed E-state index contributed by atoms with van der Waals surface area (Å²) in [7, 11) is 0. The second-order valence-corrected chi connectivity index (χ2v) is 5.76. The summed E-state index contributed by atoms with van der Waals surface area (Å²) in [5.41, 5.74) is 1.21. The van der Waals surface area contributed by atoms with Crippen molar-refractivity contribution in [1.29, 1.82) is 0 Å². The van der Waals surface area contributed by atoms with Crippen molar-refractivity contribution < 1.29 is 21.5 Å². The van der Waals surface area contributed by atoms with Crippen LogP contribution in [0.5, 0.6) is 0 Å². The highest BCUT2D eigenvalue weighted by molar-refractivity contribution is 5.43. The van der Waals surface area contributed by atoms with Crippen LogP contribution in [-0.2, 0) is 6.54 Å². The smallest absolute Gasteiger partial charge is 0.176 e. The SMILES string of the molecule is C=Cc1ccc[n+](CCCCCCCCCCCC)c1.[Br-]. The summed E-state index contributed by atoms with van der Waals surface area (Å²) in [5.74, 6) is 0. The lowest BCUT2D eigenvalue weighted by molar-refractivity contribution is -0.697. The maximum Gasteiger partial charge on any atom is 0.176 e. The first-order chi connectivity index (χ1) is 9.86. The first-order valence-electron chi connectivity index (χ1n) is 8.48. The molecule has 1 aromatic rings. The van der Waals surface area contributed by atoms with Crippen molar-refractivity contribution >= 4 is 6.08 Å². The van der Waals surface area contributed by atoms with Gasteiger partial charge in [0.2, 0.25) is 0 Å². The Morgan fingerprint density at radius 1 is 0.952 bits per heavy atom. The molecule has 1 rings (SSSR count). The van der Waals surface area contributed by atoms with Crippen LogP contribution in [0.4, 0.5) is 0 Å². The number of unbranched alkanes of at least 4 members (excludes halogenated alkanes) is 9. The van der Waals surface area contributed by atoms with E-state index in [-0.39, 0.29) is 17.0 Å². The Morgan fingerprint density at radius 2 is 1.52 bits per heavy atom. The van der Waals surface area contributed by atoms with Gasteiger partial charge in [0.15, 0.2) is 12.4 Å². The molecule has 0 spiro atoms. The summed E-state index contributed by atoms with van der Waals surface area (Å²) in [5, 5.41) is 0. The molecule has 1 aromatic heterocycles. The monoisotopic (exact) mass is 353 g/mol. The minimum absolute atomic E-state index is 0. The van der Waals surface area contributed by atoms with Gasteiger partial charge in [-0.1, -0.05) is 70.9 Å². The third kappa shape index (κ3) is 10.7. The lowest BCUT2D eigenvalue weighted by Gasteiger charge is -2.01. The fraction of sp³-hybridized carbons (Fsp3) is 0.632. The standard InChI is InChI=1S/C19H32N.BrH/c1-3-5-6-7-8-9-10-11-12-13-16-20-17-14-15-19(4-2)18-20;/h4,14-15,17-18H,2-3,5-13,16H2,1H3;1H/q+1;/p-1. The van der Waals surface area contributed by atoms with Gasteiger partial charge in [-0.05, 0) is 12.5 Å². The highest BCUT2D eigenvalue weighted by Crippen LogP contribution is 2.10. The van der Waals surface area contributed by atoms with Gasteiger partial charge in [0.25, 0.3) is 0 Å². The largest absolute Gasteiger partial charge is 1.00 e. The molecule has 0 aliphatic rings. The van der Waals surface area contributed by atoms with Gasteiger partial charge in [-0.25, -0.2) is 4.57 Å². The molecule has 2 heteroatoms. The molecule has 0 radical (unpaired) electrons. The van der Waals surface area contributed by atoms with E-state index in [2.05, 4.69) is 42.6 Å². The van der Waals surface area contributed by atoms with Crippen LogP contribution in [0.3, 0.4) is 0 Å². The van der Waals surface area contributed by atoms with E-state index < -0.39 is 0 Å². The Morgan fingerprint density at radius 3 is 2.10 bits per heavy atom. The minimum atomic E-state index is 0. The highest BCUT2D eigenvalue weighted by atomic mass is 79.9. The number of halogens is 1. The zero-order valence-corrected chi connectivity index (χ0v) is 15.3. The third-order valence-electron chi connectivity index (χ3n) is 3.89. The van der Waals surface area contributed by atoms with E-state index in [1.165, 1.54) is 69.8 Å². The van der Waals surface area contributed by atoms with E-state index in [9.17, 15) is 0 Å². The molecule has 1 nitrogen and oxygen atoms in total. The summed E-state index contributed by atoms with van der Waals surface area (Å²) < 4.78 is 2.28. The van der Waals surface area contributed by atoms with Crippen LogP contribution in [0.2, 0.25) is 0 Å². The number of aryl methyl sites for hydroxylation is 1. The second kappa shape index (κ2) is 14.3. The van der Waals surface area contributed by atoms with E-state index in [1.807, 2.05) is 6.08 Å². The zero-order chi connectivity index (χ0) is 14.5. The molecule has 0 fully saturated rings. The van der Waals surface area contributed by atoms with Crippen LogP contribution in [0.15, 0.2) is 31.1 Å². The normalized spacial score (nSPS) is 10.1. The molecule has 0 aliphatic heterocycles. The first kappa shape index (κ1) is 20.4. The molecule has 0 saturated heterocycles. The highest BCUT2D eigenvalue weighted by Gasteiger charge is 2.00. The van der Waals surface area contributed by atoms with Gasteiger partial charge in [0, 0.05) is 18.1 Å². The Balaban J connectivity index is 0.00000400. The fourth-order valence-electron chi connectivity index (χ4n) is 2.58. The van der Waals surface area contributed by atoms with E-state index in [0.717, 1.165) is 6.54 Å². The van der Waals surface area contributed by atoms with E-state index >= 15 is 0 Å². The number of hydrogen-bond donors (Lipinski definition) is 0. The molecule has 0 N–H and O–H groups in total. The predicted octanol–water partition coefficient (Wildman–Crippen LogP) is 2.54. The zero-order valence-electron chi connectivity index (χ0n) is 13.7. The van der Waals surface area contributed by atoms with Crippen molar-refractivity contribution in [2.24, 2.45) is 0 Å². The molecule has 120 valence electrons. The molecule has 0 amide bonds. The van der Waals surface area contributed by atoms with Gasteiger partial charge >= 0.3 is 0 Å². The average molecular weight is 354 g/mol. The van der Waals surface area contributed by atoms with Crippen LogP contribution in [0, 0.1) is 0 Å². The predicted molar refractivity (Wildman–Crippen MR) is 88.6 cm³/mol. The number of aromatic nitrogens is 1. The molecule has 1 heterocycles. The van der Waals surface area contributed by atoms with Crippen molar-refractivity contribution in [2.75, 3.05) is 0 Å². The second-order valence-electron chi connectivity index (χ2n) is 5.76. The molecular formula is C19H32BrN. The van der Waals surface area contributed by atoms with Crippen LogP contribution in [0.25, 0.3) is 6.08 Å². The first-order valence-corrected chi connectivity index (χ1v) is 8.48. The molecule has 0 unspecified atom stereocenters. The summed E-state index contributed by atoms with van der Waals surface area (Å²) in [6.07, 6.45) is 20.2. The summed E-state index contributed by atoms with van der Waals surface area (Å²) in [4.78, 5) is 0. The van der Waals surface area contributed by atoms with E-state index in [1.54, 1.807) is 0 Å². The lowest BCUT2D eigenvalue weighted by atomic mass is 10.1. The van der Waals surface area contributed by atoms with Crippen molar-refractivity contribution in [2.45, 2.75) is 77.7 Å². The van der Waals surface area contributed by atoms with Crippen LogP contribution in [-0.4, -0.2) is 0 Å². The van der Waals surface area contributed by atoms with Gasteiger partial charge < -0.3 is 17.0 Å². The van der Waals surface area contributed by atoms with Crippen molar-refractivity contribution in [3.8, 4) is 0 Å². The van der Waals surface area contributed by atoms with Crippen LogP contribution in [0.1, 0.15) is 76.7 Å². The van der Waals surface area contributed by atoms with E-state index in [4.69, 9.17) is 0 Å². The third-order valence-corrected chi connectivity index (χ3v) is 3.89. The minimum Gasteiger partial charge on any atom is -1.00 e. The fourth-order valence-corrected chi connectivity index (χ4v) is 2.58. The number of nitrogens with zero attached hydrogens (tertiary/aromatic N) is 1. The van der Waals surface area contributed by atoms with Gasteiger partial charge in [-0.15, -0.1) is 0 Å². The topological polar surface area (TPSA) is 3.88 Å². The number of pyridine rings is 1. The maximum atomic E-state index is 3.82. The number of rotatable bonds is 12. The Kier molecular flexibility index (Phi) is 13.9. The molecule has 0 saturated carbocycles. The Labute approximate surface area is 142 Å². The number of hydrogen-bond acceptors (Lipinski definition) is 0. The van der Waals surface area contributed by atoms with Gasteiger partial charge in [-0.2, -0.15) is 0 Å². The van der Waals surface area contributed by atoms with Crippen molar-refractivity contribution in [3.05, 3.63) is 36.7 Å². The molecular weight excluding hydrogens is 322 g/mol. The maximum absolute atomic E-state index is 3.82. The van der Waals surface area contributed by atoms with Crippen molar-refractivity contribution in [3.63, 3.8) is 0 Å². The van der Waals surface area contributed by atoms with Crippen LogP contribution >= 0.6 is 0 Å². The molecule has 0 bridgehead atoms. The van der Waals surface area contributed by atoms with Crippen molar-refractivity contribution in [1.82, 2.24) is 0 Å². The van der Waals surface area contributed by atoms with Gasteiger partial charge in [-0.3, -0.25) is 0 Å². The molecule has 0 aliphatic carbocycles.